The minimum atomic E-state index is -0.244. The van der Waals surface area contributed by atoms with E-state index in [0.29, 0.717) is 30.8 Å². The molecule has 0 aliphatic carbocycles. The molecule has 2 aliphatic rings. The van der Waals surface area contributed by atoms with Crippen LogP contribution in [0.4, 0.5) is 11.4 Å². The van der Waals surface area contributed by atoms with Gasteiger partial charge >= 0.3 is 0 Å². The molecule has 2 heterocycles. The van der Waals surface area contributed by atoms with Gasteiger partial charge in [-0.25, -0.2) is 0 Å². The van der Waals surface area contributed by atoms with Crippen molar-refractivity contribution in [2.24, 2.45) is 5.92 Å². The van der Waals surface area contributed by atoms with E-state index in [-0.39, 0.29) is 23.6 Å². The Morgan fingerprint density at radius 3 is 2.62 bits per heavy atom. The van der Waals surface area contributed by atoms with Gasteiger partial charge in [0.05, 0.1) is 12.3 Å². The predicted molar refractivity (Wildman–Crippen MR) is 112 cm³/mol. The van der Waals surface area contributed by atoms with E-state index in [0.717, 1.165) is 35.2 Å². The van der Waals surface area contributed by atoms with Crippen molar-refractivity contribution in [2.45, 2.75) is 33.1 Å². The molecule has 2 aromatic rings. The largest absolute Gasteiger partial charge is 0.338 e. The van der Waals surface area contributed by atoms with Crippen molar-refractivity contribution >= 4 is 29.1 Å². The van der Waals surface area contributed by atoms with E-state index >= 15 is 0 Å². The lowest BCUT2D eigenvalue weighted by molar-refractivity contribution is -0.121. The number of hydrogen-bond donors (Lipinski definition) is 2. The van der Waals surface area contributed by atoms with Crippen molar-refractivity contribution in [3.63, 3.8) is 0 Å². The van der Waals surface area contributed by atoms with Gasteiger partial charge in [0.2, 0.25) is 11.8 Å². The van der Waals surface area contributed by atoms with Crippen LogP contribution >= 0.6 is 0 Å². The molecule has 1 saturated heterocycles. The number of fused-ring (bicyclic) bond motifs is 1. The predicted octanol–water partition coefficient (Wildman–Crippen LogP) is 3.29. The third-order valence-electron chi connectivity index (χ3n) is 5.55. The molecule has 0 spiro atoms. The fourth-order valence-electron chi connectivity index (χ4n) is 4.21. The summed E-state index contributed by atoms with van der Waals surface area (Å²) in [6.45, 7) is 5.05. The fourth-order valence-corrected chi connectivity index (χ4v) is 4.21. The first kappa shape index (κ1) is 19.2. The number of rotatable bonds is 3. The molecular weight excluding hydrogens is 366 g/mol. The minimum absolute atomic E-state index is 0.0172. The van der Waals surface area contributed by atoms with E-state index in [4.69, 9.17) is 0 Å². The van der Waals surface area contributed by atoms with Crippen molar-refractivity contribution in [1.82, 2.24) is 4.90 Å². The number of nitrogens with zero attached hydrogens (tertiary/aromatic N) is 1. The van der Waals surface area contributed by atoms with Crippen molar-refractivity contribution in [1.29, 1.82) is 0 Å². The molecule has 0 bridgehead atoms. The first-order chi connectivity index (χ1) is 13.9. The van der Waals surface area contributed by atoms with Crippen molar-refractivity contribution in [3.05, 3.63) is 58.7 Å². The number of anilines is 2. The van der Waals surface area contributed by atoms with Crippen molar-refractivity contribution in [3.8, 4) is 0 Å². The number of benzene rings is 2. The normalized spacial score (nSPS) is 18.2. The van der Waals surface area contributed by atoms with Gasteiger partial charge < -0.3 is 15.5 Å². The molecule has 3 amide bonds. The number of piperidine rings is 1. The maximum Gasteiger partial charge on any atom is 0.253 e. The summed E-state index contributed by atoms with van der Waals surface area (Å²) in [4.78, 5) is 39.0. The maximum atomic E-state index is 12.9. The zero-order valence-electron chi connectivity index (χ0n) is 16.7. The number of amides is 3. The van der Waals surface area contributed by atoms with Crippen LogP contribution in [0, 0.1) is 19.8 Å². The minimum Gasteiger partial charge on any atom is -0.338 e. The smallest absolute Gasteiger partial charge is 0.253 e. The Labute approximate surface area is 170 Å². The standard InChI is InChI=1S/C23H25N3O3/c1-14-8-15(2)10-18(9-14)23(29)26-7-3-4-16(13-26)22(28)24-19-5-6-20-17(11-19)12-21(27)25-20/h5-6,8-11,16H,3-4,7,12-13H2,1-2H3,(H,24,28)(H,25,27). The first-order valence-electron chi connectivity index (χ1n) is 10.0. The molecule has 0 aromatic heterocycles. The number of aryl methyl sites for hydroxylation is 2. The first-order valence-corrected chi connectivity index (χ1v) is 10.0. The zero-order chi connectivity index (χ0) is 20.5. The summed E-state index contributed by atoms with van der Waals surface area (Å²) in [6, 6.07) is 11.3. The van der Waals surface area contributed by atoms with Gasteiger partial charge in [-0.15, -0.1) is 0 Å². The van der Waals surface area contributed by atoms with Crippen LogP contribution in [-0.2, 0) is 16.0 Å². The maximum absolute atomic E-state index is 12.9. The van der Waals surface area contributed by atoms with Gasteiger partial charge in [0.1, 0.15) is 0 Å². The SMILES string of the molecule is Cc1cc(C)cc(C(=O)N2CCCC(C(=O)Nc3ccc4c(c3)CC(=O)N4)C2)c1. The molecule has 4 rings (SSSR count). The molecule has 1 fully saturated rings. The fraction of sp³-hybridized carbons (Fsp3) is 0.348. The Morgan fingerprint density at radius 2 is 1.86 bits per heavy atom. The van der Waals surface area contributed by atoms with Crippen LogP contribution in [0.15, 0.2) is 36.4 Å². The lowest BCUT2D eigenvalue weighted by atomic mass is 9.96. The molecule has 6 nitrogen and oxygen atoms in total. The topological polar surface area (TPSA) is 78.5 Å². The summed E-state index contributed by atoms with van der Waals surface area (Å²) >= 11 is 0. The summed E-state index contributed by atoms with van der Waals surface area (Å²) in [7, 11) is 0. The molecular formula is C23H25N3O3. The number of carbonyl (C=O) groups is 3. The molecule has 1 unspecified atom stereocenters. The Bertz CT molecular complexity index is 979. The van der Waals surface area contributed by atoms with E-state index in [1.54, 1.807) is 11.0 Å². The van der Waals surface area contributed by atoms with Crippen LogP contribution in [0.2, 0.25) is 0 Å². The zero-order valence-corrected chi connectivity index (χ0v) is 16.7. The lowest BCUT2D eigenvalue weighted by Gasteiger charge is -2.32. The number of hydrogen-bond acceptors (Lipinski definition) is 3. The van der Waals surface area contributed by atoms with Crippen LogP contribution < -0.4 is 10.6 Å². The summed E-state index contributed by atoms with van der Waals surface area (Å²) in [5.74, 6) is -0.375. The highest BCUT2D eigenvalue weighted by Crippen LogP contribution is 2.27. The second-order valence-electron chi connectivity index (χ2n) is 8.05. The molecule has 0 radical (unpaired) electrons. The van der Waals surface area contributed by atoms with E-state index in [1.807, 2.05) is 44.2 Å². The Balaban J connectivity index is 1.43. The molecule has 2 aromatic carbocycles. The average molecular weight is 391 g/mol. The van der Waals surface area contributed by atoms with Gasteiger partial charge in [-0.3, -0.25) is 14.4 Å². The molecule has 29 heavy (non-hydrogen) atoms. The van der Waals surface area contributed by atoms with Gasteiger partial charge in [0.25, 0.3) is 5.91 Å². The van der Waals surface area contributed by atoms with Crippen LogP contribution in [-0.4, -0.2) is 35.7 Å². The van der Waals surface area contributed by atoms with Crippen LogP contribution in [0.5, 0.6) is 0 Å². The average Bonchev–Trinajstić information content (AvgIpc) is 3.06. The van der Waals surface area contributed by atoms with Gasteiger partial charge in [-0.2, -0.15) is 0 Å². The van der Waals surface area contributed by atoms with Crippen LogP contribution in [0.3, 0.4) is 0 Å². The van der Waals surface area contributed by atoms with Crippen molar-refractivity contribution < 1.29 is 14.4 Å². The Hall–Kier alpha value is -3.15. The van der Waals surface area contributed by atoms with Crippen LogP contribution in [0.25, 0.3) is 0 Å². The molecule has 1 atom stereocenters. The Morgan fingerprint density at radius 1 is 1.10 bits per heavy atom. The van der Waals surface area contributed by atoms with Gasteiger partial charge in [-0.1, -0.05) is 17.2 Å². The lowest BCUT2D eigenvalue weighted by Crippen LogP contribution is -2.43. The Kier molecular flexibility index (Phi) is 5.09. The quantitative estimate of drug-likeness (QED) is 0.843. The van der Waals surface area contributed by atoms with Crippen molar-refractivity contribution in [2.75, 3.05) is 23.7 Å². The number of carbonyl (C=O) groups excluding carboxylic acids is 3. The molecule has 6 heteroatoms. The van der Waals surface area contributed by atoms with E-state index in [9.17, 15) is 14.4 Å². The third kappa shape index (κ3) is 4.16. The monoisotopic (exact) mass is 391 g/mol. The molecule has 2 aliphatic heterocycles. The van der Waals surface area contributed by atoms with Crippen LogP contribution in [0.1, 0.15) is 39.9 Å². The third-order valence-corrected chi connectivity index (χ3v) is 5.55. The highest BCUT2D eigenvalue weighted by molar-refractivity contribution is 6.01. The summed E-state index contributed by atoms with van der Waals surface area (Å²) < 4.78 is 0. The molecule has 0 saturated carbocycles. The van der Waals surface area contributed by atoms with Gasteiger partial charge in [0.15, 0.2) is 0 Å². The van der Waals surface area contributed by atoms with E-state index < -0.39 is 0 Å². The second-order valence-corrected chi connectivity index (χ2v) is 8.05. The van der Waals surface area contributed by atoms with Gasteiger partial charge in [0, 0.05) is 30.0 Å². The van der Waals surface area contributed by atoms with E-state index in [2.05, 4.69) is 10.6 Å². The summed E-state index contributed by atoms with van der Waals surface area (Å²) in [5, 5.41) is 5.74. The second kappa shape index (κ2) is 7.70. The molecule has 2 N–H and O–H groups in total. The highest BCUT2D eigenvalue weighted by atomic mass is 16.2. The summed E-state index contributed by atoms with van der Waals surface area (Å²) in [6.07, 6.45) is 1.89. The highest BCUT2D eigenvalue weighted by Gasteiger charge is 2.29. The number of likely N-dealkylation sites (tertiary alicyclic amines) is 1. The summed E-state index contributed by atoms with van der Waals surface area (Å²) in [5.41, 5.74) is 5.18. The molecule has 150 valence electrons. The van der Waals surface area contributed by atoms with Gasteiger partial charge in [-0.05, 0) is 62.6 Å². The number of nitrogens with one attached hydrogen (secondary N) is 2. The van der Waals surface area contributed by atoms with E-state index in [1.165, 1.54) is 0 Å².